The number of non-ortho nitro benzene ring substituents is 1. The third-order valence-corrected chi connectivity index (χ3v) is 7.32. The van der Waals surface area contributed by atoms with Crippen molar-refractivity contribution in [1.29, 1.82) is 0 Å². The van der Waals surface area contributed by atoms with E-state index in [2.05, 4.69) is 66.3 Å². The summed E-state index contributed by atoms with van der Waals surface area (Å²) >= 11 is 1.62. The number of hydrogen-bond donors (Lipinski definition) is 0. The molecule has 1 aromatic heterocycles. The minimum atomic E-state index is -0.358. The summed E-state index contributed by atoms with van der Waals surface area (Å²) in [7, 11) is 0. The van der Waals surface area contributed by atoms with Crippen molar-refractivity contribution in [3.8, 4) is 11.3 Å². The Labute approximate surface area is 196 Å². The maximum Gasteiger partial charge on any atom is 0.269 e. The number of aromatic nitrogens is 1. The molecule has 0 amide bonds. The van der Waals surface area contributed by atoms with Gasteiger partial charge >= 0.3 is 0 Å². The Bertz CT molecular complexity index is 1400. The molecule has 5 nitrogen and oxygen atoms in total. The average Bonchev–Trinajstić information content (AvgIpc) is 3.24. The van der Waals surface area contributed by atoms with Crippen LogP contribution in [0.2, 0.25) is 0 Å². The summed E-state index contributed by atoms with van der Waals surface area (Å²) in [5, 5.41) is 13.3. The maximum atomic E-state index is 11.1. The van der Waals surface area contributed by atoms with Gasteiger partial charge in [-0.05, 0) is 85.2 Å². The van der Waals surface area contributed by atoms with E-state index in [-0.39, 0.29) is 16.7 Å². The van der Waals surface area contributed by atoms with Crippen molar-refractivity contribution < 1.29 is 4.92 Å². The molecule has 1 atom stereocenters. The summed E-state index contributed by atoms with van der Waals surface area (Å²) < 4.78 is 2.33. The fourth-order valence-corrected chi connectivity index (χ4v) is 5.53. The summed E-state index contributed by atoms with van der Waals surface area (Å²) in [5.41, 5.74) is 8.24. The molecule has 4 aromatic rings. The normalized spacial score (nSPS) is 15.9. The largest absolute Gasteiger partial charge is 0.309 e. The Morgan fingerprint density at radius 2 is 1.82 bits per heavy atom. The van der Waals surface area contributed by atoms with E-state index >= 15 is 0 Å². The van der Waals surface area contributed by atoms with Gasteiger partial charge in [-0.25, -0.2) is 4.99 Å². The predicted octanol–water partition coefficient (Wildman–Crippen LogP) is 6.90. The highest BCUT2D eigenvalue weighted by molar-refractivity contribution is 7.07. The fraction of sp³-hybridized carbons (Fsp3) is 0.222. The Kier molecular flexibility index (Phi) is 5.68. The smallest absolute Gasteiger partial charge is 0.269 e. The lowest BCUT2D eigenvalue weighted by Crippen LogP contribution is -2.26. The van der Waals surface area contributed by atoms with Gasteiger partial charge in [0, 0.05) is 17.5 Å². The summed E-state index contributed by atoms with van der Waals surface area (Å²) in [4.78, 5) is 16.8. The van der Waals surface area contributed by atoms with Gasteiger partial charge in [-0.15, -0.1) is 11.3 Å². The van der Waals surface area contributed by atoms with Crippen molar-refractivity contribution in [2.75, 3.05) is 0 Å². The molecule has 0 N–H and O–H groups in total. The van der Waals surface area contributed by atoms with Crippen LogP contribution < -0.4 is 4.80 Å². The number of rotatable bonds is 4. The second-order valence-electron chi connectivity index (χ2n) is 8.56. The van der Waals surface area contributed by atoms with Gasteiger partial charge in [0.15, 0.2) is 4.80 Å². The lowest BCUT2D eigenvalue weighted by molar-refractivity contribution is -0.384. The molecule has 0 spiro atoms. The third-order valence-electron chi connectivity index (χ3n) is 6.48. The zero-order valence-electron chi connectivity index (χ0n) is 18.7. The topological polar surface area (TPSA) is 60.4 Å². The molecule has 0 bridgehead atoms. The van der Waals surface area contributed by atoms with Gasteiger partial charge in [-0.2, -0.15) is 0 Å². The van der Waals surface area contributed by atoms with Crippen molar-refractivity contribution in [3.05, 3.63) is 109 Å². The summed E-state index contributed by atoms with van der Waals surface area (Å²) in [6, 6.07) is 22.0. The van der Waals surface area contributed by atoms with Crippen LogP contribution in [0.4, 0.5) is 11.4 Å². The molecule has 33 heavy (non-hydrogen) atoms. The SMILES string of the molecule is Cc1ccc(N=c2scc(-c3ccc([N+](=O)[O-])cc3)n2C2CCCc3ccccc32)cc1C. The molecule has 0 fully saturated rings. The van der Waals surface area contributed by atoms with Crippen LogP contribution in [-0.4, -0.2) is 9.49 Å². The number of nitro groups is 1. The molecule has 1 heterocycles. The van der Waals surface area contributed by atoms with Gasteiger partial charge in [0.2, 0.25) is 0 Å². The van der Waals surface area contributed by atoms with Crippen LogP contribution in [0, 0.1) is 24.0 Å². The van der Waals surface area contributed by atoms with Gasteiger partial charge in [0.25, 0.3) is 5.69 Å². The lowest BCUT2D eigenvalue weighted by Gasteiger charge is -2.28. The number of nitrogens with zero attached hydrogens (tertiary/aromatic N) is 3. The van der Waals surface area contributed by atoms with Crippen LogP contribution in [0.25, 0.3) is 11.3 Å². The molecule has 0 saturated heterocycles. The van der Waals surface area contributed by atoms with Gasteiger partial charge in [0.1, 0.15) is 0 Å². The van der Waals surface area contributed by atoms with Gasteiger partial charge < -0.3 is 4.57 Å². The van der Waals surface area contributed by atoms with Crippen LogP contribution in [0.1, 0.15) is 41.1 Å². The third kappa shape index (κ3) is 4.14. The minimum absolute atomic E-state index is 0.101. The highest BCUT2D eigenvalue weighted by atomic mass is 32.1. The zero-order valence-corrected chi connectivity index (χ0v) is 19.5. The van der Waals surface area contributed by atoms with Crippen LogP contribution in [0.3, 0.4) is 0 Å². The first-order valence-corrected chi connectivity index (χ1v) is 12.0. The molecule has 1 aliphatic carbocycles. The van der Waals surface area contributed by atoms with E-state index in [1.807, 2.05) is 12.1 Å². The molecular weight excluding hydrogens is 430 g/mol. The summed E-state index contributed by atoms with van der Waals surface area (Å²) in [5.74, 6) is 0. The Balaban J connectivity index is 1.70. The molecule has 1 aliphatic rings. The monoisotopic (exact) mass is 455 g/mol. The number of nitro benzene ring substituents is 1. The predicted molar refractivity (Wildman–Crippen MR) is 133 cm³/mol. The molecule has 0 radical (unpaired) electrons. The second kappa shape index (κ2) is 8.79. The number of fused-ring (bicyclic) bond motifs is 1. The number of hydrogen-bond acceptors (Lipinski definition) is 4. The van der Waals surface area contributed by atoms with E-state index in [4.69, 9.17) is 4.99 Å². The first kappa shape index (κ1) is 21.3. The molecular formula is C27H25N3O2S. The van der Waals surface area contributed by atoms with Crippen molar-refractivity contribution in [2.24, 2.45) is 4.99 Å². The molecule has 166 valence electrons. The number of benzene rings is 3. The van der Waals surface area contributed by atoms with E-state index in [0.29, 0.717) is 0 Å². The molecule has 0 aliphatic heterocycles. The standard InChI is InChI=1S/C27H25N3O2S/c1-18-10-13-22(16-19(18)2)28-27-29(25-9-5-7-20-6-3-4-8-24(20)25)26(17-33-27)21-11-14-23(15-12-21)30(31)32/h3-4,6,8,10-17,25H,5,7,9H2,1-2H3. The van der Waals surface area contributed by atoms with E-state index in [1.54, 1.807) is 23.5 Å². The molecule has 5 rings (SSSR count). The Morgan fingerprint density at radius 1 is 1.03 bits per heavy atom. The number of thiazole rings is 1. The van der Waals surface area contributed by atoms with E-state index < -0.39 is 0 Å². The van der Waals surface area contributed by atoms with Crippen LogP contribution in [0.5, 0.6) is 0 Å². The van der Waals surface area contributed by atoms with Crippen molar-refractivity contribution in [1.82, 2.24) is 4.57 Å². The van der Waals surface area contributed by atoms with Crippen LogP contribution in [-0.2, 0) is 6.42 Å². The zero-order chi connectivity index (χ0) is 22.9. The lowest BCUT2D eigenvalue weighted by atomic mass is 9.87. The number of aryl methyl sites for hydroxylation is 3. The van der Waals surface area contributed by atoms with Crippen molar-refractivity contribution in [2.45, 2.75) is 39.2 Å². The Morgan fingerprint density at radius 3 is 2.58 bits per heavy atom. The van der Waals surface area contributed by atoms with Crippen LogP contribution in [0.15, 0.2) is 77.1 Å². The average molecular weight is 456 g/mol. The quantitative estimate of drug-likeness (QED) is 0.248. The van der Waals surface area contributed by atoms with E-state index in [1.165, 1.54) is 22.3 Å². The Hall–Kier alpha value is -3.51. The van der Waals surface area contributed by atoms with Crippen LogP contribution >= 0.6 is 11.3 Å². The van der Waals surface area contributed by atoms with Crippen molar-refractivity contribution >= 4 is 22.7 Å². The van der Waals surface area contributed by atoms with Crippen molar-refractivity contribution in [3.63, 3.8) is 0 Å². The first-order chi connectivity index (χ1) is 16.0. The molecule has 3 aromatic carbocycles. The maximum absolute atomic E-state index is 11.1. The summed E-state index contributed by atoms with van der Waals surface area (Å²) in [6.45, 7) is 4.21. The summed E-state index contributed by atoms with van der Waals surface area (Å²) in [6.07, 6.45) is 3.25. The minimum Gasteiger partial charge on any atom is -0.309 e. The highest BCUT2D eigenvalue weighted by Crippen LogP contribution is 2.36. The molecule has 6 heteroatoms. The second-order valence-corrected chi connectivity index (χ2v) is 9.40. The van der Waals surface area contributed by atoms with Gasteiger partial charge in [-0.3, -0.25) is 10.1 Å². The fourth-order valence-electron chi connectivity index (χ4n) is 4.57. The van der Waals surface area contributed by atoms with E-state index in [0.717, 1.165) is 41.0 Å². The van der Waals surface area contributed by atoms with Gasteiger partial charge in [-0.1, -0.05) is 30.3 Å². The molecule has 0 saturated carbocycles. The molecule has 1 unspecified atom stereocenters. The van der Waals surface area contributed by atoms with E-state index in [9.17, 15) is 10.1 Å². The van der Waals surface area contributed by atoms with Gasteiger partial charge in [0.05, 0.1) is 22.3 Å². The highest BCUT2D eigenvalue weighted by Gasteiger charge is 2.25. The first-order valence-electron chi connectivity index (χ1n) is 11.2.